The van der Waals surface area contributed by atoms with E-state index in [-0.39, 0.29) is 12.6 Å². The van der Waals surface area contributed by atoms with Gasteiger partial charge in [0.25, 0.3) is 0 Å². The number of carbonyl (C=O) groups is 2. The molecular weight excluding hydrogens is 404 g/mol. The van der Waals surface area contributed by atoms with Gasteiger partial charge in [0.15, 0.2) is 0 Å². The Kier molecular flexibility index (Phi) is 9.36. The van der Waals surface area contributed by atoms with Crippen LogP contribution in [0.4, 0.5) is 4.79 Å². The predicted octanol–water partition coefficient (Wildman–Crippen LogP) is 3.26. The molecule has 1 aromatic carbocycles. The fraction of sp³-hybridized carbons (Fsp3) is 0.680. The Balaban J connectivity index is 1.42. The molecule has 0 bridgehead atoms. The summed E-state index contributed by atoms with van der Waals surface area (Å²) in [7, 11) is 1.93. The molecule has 32 heavy (non-hydrogen) atoms. The molecule has 7 nitrogen and oxygen atoms in total. The maximum atomic E-state index is 12.9. The van der Waals surface area contributed by atoms with E-state index in [1.54, 1.807) is 0 Å². The Hall–Kier alpha value is -2.12. The largest absolute Gasteiger partial charge is 0.480 e. The maximum absolute atomic E-state index is 12.9. The summed E-state index contributed by atoms with van der Waals surface area (Å²) in [6, 6.07) is 10.8. The lowest BCUT2D eigenvalue weighted by molar-refractivity contribution is -0.138. The molecular formula is C25H40N4O3. The van der Waals surface area contributed by atoms with Crippen molar-refractivity contribution >= 4 is 12.0 Å². The van der Waals surface area contributed by atoms with Crippen molar-refractivity contribution in [1.29, 1.82) is 0 Å². The van der Waals surface area contributed by atoms with Crippen LogP contribution in [0.1, 0.15) is 51.0 Å². The van der Waals surface area contributed by atoms with E-state index in [1.807, 2.05) is 47.2 Å². The number of amides is 2. The van der Waals surface area contributed by atoms with Crippen molar-refractivity contribution in [2.45, 2.75) is 64.1 Å². The van der Waals surface area contributed by atoms with Gasteiger partial charge in [0, 0.05) is 44.8 Å². The van der Waals surface area contributed by atoms with Gasteiger partial charge in [0.1, 0.15) is 0 Å². The van der Waals surface area contributed by atoms with E-state index in [1.165, 1.54) is 6.42 Å². The molecule has 1 heterocycles. The molecule has 1 saturated heterocycles. The maximum Gasteiger partial charge on any atom is 0.317 e. The lowest BCUT2D eigenvalue weighted by atomic mass is 10.0. The van der Waals surface area contributed by atoms with Crippen LogP contribution < -0.4 is 5.32 Å². The molecule has 2 atom stereocenters. The van der Waals surface area contributed by atoms with Gasteiger partial charge in [-0.25, -0.2) is 4.79 Å². The highest BCUT2D eigenvalue weighted by Crippen LogP contribution is 2.30. The summed E-state index contributed by atoms with van der Waals surface area (Å²) >= 11 is 0. The molecule has 3 rings (SSSR count). The summed E-state index contributed by atoms with van der Waals surface area (Å²) in [4.78, 5) is 30.5. The molecule has 2 amide bonds. The Morgan fingerprint density at radius 3 is 2.47 bits per heavy atom. The van der Waals surface area contributed by atoms with Crippen LogP contribution in [0, 0.1) is 5.92 Å². The fourth-order valence-electron chi connectivity index (χ4n) is 5.30. The van der Waals surface area contributed by atoms with Gasteiger partial charge in [-0.3, -0.25) is 9.69 Å². The lowest BCUT2D eigenvalue weighted by Gasteiger charge is -2.39. The van der Waals surface area contributed by atoms with Gasteiger partial charge >= 0.3 is 12.0 Å². The molecule has 2 fully saturated rings. The normalized spacial score (nSPS) is 22.2. The first-order chi connectivity index (χ1) is 15.5. The average molecular weight is 445 g/mol. The quantitative estimate of drug-likeness (QED) is 0.579. The second-order valence-corrected chi connectivity index (χ2v) is 9.51. The fourth-order valence-corrected chi connectivity index (χ4v) is 5.30. The summed E-state index contributed by atoms with van der Waals surface area (Å²) in [6.45, 7) is 6.78. The number of nitrogens with zero attached hydrogens (tertiary/aromatic N) is 3. The van der Waals surface area contributed by atoms with Crippen molar-refractivity contribution in [3.05, 3.63) is 35.9 Å². The van der Waals surface area contributed by atoms with Gasteiger partial charge in [0.2, 0.25) is 0 Å². The second-order valence-electron chi connectivity index (χ2n) is 9.51. The number of benzene rings is 1. The van der Waals surface area contributed by atoms with E-state index in [2.05, 4.69) is 17.1 Å². The second kappa shape index (κ2) is 12.2. The SMILES string of the molecule is CCCN(C(=O)NCc1ccccc1)C1CCN(CC2CCC(N(C)CC(=O)O)C2)CC1. The highest BCUT2D eigenvalue weighted by molar-refractivity contribution is 5.74. The number of likely N-dealkylation sites (tertiary alicyclic amines) is 1. The van der Waals surface area contributed by atoms with Gasteiger partial charge in [-0.05, 0) is 57.1 Å². The third-order valence-corrected chi connectivity index (χ3v) is 7.05. The summed E-state index contributed by atoms with van der Waals surface area (Å²) in [5, 5.41) is 12.1. The van der Waals surface area contributed by atoms with Gasteiger partial charge < -0.3 is 20.2 Å². The van der Waals surface area contributed by atoms with Crippen LogP contribution in [0.15, 0.2) is 30.3 Å². The van der Waals surface area contributed by atoms with Crippen molar-refractivity contribution in [3.63, 3.8) is 0 Å². The van der Waals surface area contributed by atoms with E-state index in [0.717, 1.165) is 63.8 Å². The predicted molar refractivity (Wildman–Crippen MR) is 127 cm³/mol. The van der Waals surface area contributed by atoms with E-state index in [0.29, 0.717) is 24.5 Å². The Bertz CT molecular complexity index is 721. The van der Waals surface area contributed by atoms with Gasteiger partial charge in [0.05, 0.1) is 6.54 Å². The van der Waals surface area contributed by atoms with Crippen molar-refractivity contribution < 1.29 is 14.7 Å². The summed E-state index contributed by atoms with van der Waals surface area (Å²) in [5.41, 5.74) is 1.12. The Morgan fingerprint density at radius 1 is 1.09 bits per heavy atom. The topological polar surface area (TPSA) is 76.1 Å². The summed E-state index contributed by atoms with van der Waals surface area (Å²) in [6.07, 6.45) is 6.37. The molecule has 1 saturated carbocycles. The van der Waals surface area contributed by atoms with Crippen molar-refractivity contribution in [2.75, 3.05) is 39.8 Å². The first kappa shape index (κ1) is 24.5. The Labute approximate surface area is 192 Å². The van der Waals surface area contributed by atoms with Crippen LogP contribution in [-0.2, 0) is 11.3 Å². The number of urea groups is 1. The van der Waals surface area contributed by atoms with Crippen molar-refractivity contribution in [2.24, 2.45) is 5.92 Å². The van der Waals surface area contributed by atoms with Crippen LogP contribution in [0.25, 0.3) is 0 Å². The summed E-state index contributed by atoms with van der Waals surface area (Å²) in [5.74, 6) is -0.101. The van der Waals surface area contributed by atoms with Crippen LogP contribution in [-0.4, -0.2) is 83.7 Å². The first-order valence-electron chi connectivity index (χ1n) is 12.2. The zero-order chi connectivity index (χ0) is 22.9. The number of carbonyl (C=O) groups excluding carboxylic acids is 1. The molecule has 0 radical (unpaired) electrons. The van der Waals surface area contributed by atoms with Crippen LogP contribution in [0.2, 0.25) is 0 Å². The summed E-state index contributed by atoms with van der Waals surface area (Å²) < 4.78 is 0. The van der Waals surface area contributed by atoms with Gasteiger partial charge in [-0.15, -0.1) is 0 Å². The minimum Gasteiger partial charge on any atom is -0.480 e. The standard InChI is InChI=1S/C25H40N4O3/c1-3-13-29(25(32)26-17-20-7-5-4-6-8-20)22-11-14-28(15-12-22)18-21-9-10-23(16-21)27(2)19-24(30)31/h4-8,21-23H,3,9-19H2,1-2H3,(H,26,32)(H,30,31). The van der Waals surface area contributed by atoms with Crippen molar-refractivity contribution in [3.8, 4) is 0 Å². The van der Waals surface area contributed by atoms with Gasteiger partial charge in [-0.1, -0.05) is 37.3 Å². The highest BCUT2D eigenvalue weighted by Gasteiger charge is 2.32. The Morgan fingerprint density at radius 2 is 1.81 bits per heavy atom. The molecule has 1 aliphatic carbocycles. The average Bonchev–Trinajstić information content (AvgIpc) is 3.25. The number of carboxylic acid groups (broad SMARTS) is 1. The zero-order valence-electron chi connectivity index (χ0n) is 19.7. The lowest BCUT2D eigenvalue weighted by Crippen LogP contribution is -2.51. The number of carboxylic acids is 1. The van der Waals surface area contributed by atoms with E-state index >= 15 is 0 Å². The minimum absolute atomic E-state index is 0.0502. The van der Waals surface area contributed by atoms with Crippen molar-refractivity contribution in [1.82, 2.24) is 20.0 Å². The monoisotopic (exact) mass is 444 g/mol. The number of rotatable bonds is 10. The number of piperidine rings is 1. The van der Waals surface area contributed by atoms with E-state index in [9.17, 15) is 9.59 Å². The smallest absolute Gasteiger partial charge is 0.317 e. The number of likely N-dealkylation sites (N-methyl/N-ethyl adjacent to an activating group) is 1. The molecule has 0 spiro atoms. The third kappa shape index (κ3) is 7.20. The molecule has 0 aromatic heterocycles. The number of nitrogens with one attached hydrogen (secondary N) is 1. The molecule has 2 N–H and O–H groups in total. The molecule has 7 heteroatoms. The molecule has 2 aliphatic rings. The molecule has 1 aliphatic heterocycles. The van der Waals surface area contributed by atoms with Crippen LogP contribution in [0.5, 0.6) is 0 Å². The molecule has 2 unspecified atom stereocenters. The first-order valence-corrected chi connectivity index (χ1v) is 12.2. The zero-order valence-corrected chi connectivity index (χ0v) is 19.7. The van der Waals surface area contributed by atoms with Crippen LogP contribution >= 0.6 is 0 Å². The van der Waals surface area contributed by atoms with E-state index < -0.39 is 5.97 Å². The molecule has 178 valence electrons. The highest BCUT2D eigenvalue weighted by atomic mass is 16.4. The minimum atomic E-state index is -0.748. The third-order valence-electron chi connectivity index (χ3n) is 7.05. The molecule has 1 aromatic rings. The van der Waals surface area contributed by atoms with E-state index in [4.69, 9.17) is 5.11 Å². The van der Waals surface area contributed by atoms with Crippen LogP contribution in [0.3, 0.4) is 0 Å². The number of aliphatic carboxylic acids is 1. The number of hydrogen-bond donors (Lipinski definition) is 2. The number of hydrogen-bond acceptors (Lipinski definition) is 4. The van der Waals surface area contributed by atoms with Gasteiger partial charge in [-0.2, -0.15) is 0 Å².